The van der Waals surface area contributed by atoms with Gasteiger partial charge in [-0.2, -0.15) is 0 Å². The molecule has 0 radical (unpaired) electrons. The topological polar surface area (TPSA) is 24.3 Å². The Labute approximate surface area is 493 Å². The van der Waals surface area contributed by atoms with Gasteiger partial charge in [0.2, 0.25) is 0 Å². The van der Waals surface area contributed by atoms with Gasteiger partial charge in [-0.1, -0.05) is 253 Å². The molecular formula is C78H75BN4. The molecule has 410 valence electrons. The Hall–Kier alpha value is -8.67. The largest absolute Gasteiger partial charge is 0.311 e. The van der Waals surface area contributed by atoms with E-state index < -0.39 is 5.41 Å². The SMILES string of the molecule is CC(C)(C)c1ccc(-c2nc3cc4c(cc3n2-c2ccccc2)B2c3cc(C(C)(C)C)ccc3N(c3ccc(C(C)(C)C)cc3)c3cc(C(c5ccccc5)(c5ccccc5)c5ccccc5)cc(c32)N4c2ccc(C(C)(C)C)cc2)cc1. The molecule has 0 atom stereocenters. The molecule has 0 N–H and O–H groups in total. The van der Waals surface area contributed by atoms with Crippen LogP contribution in [0.25, 0.3) is 28.1 Å². The summed E-state index contributed by atoms with van der Waals surface area (Å²) in [6, 6.07) is 89.7. The summed E-state index contributed by atoms with van der Waals surface area (Å²) in [6.07, 6.45) is 0. The summed E-state index contributed by atoms with van der Waals surface area (Å²) in [5.41, 5.74) is 23.8. The molecule has 2 aliphatic rings. The highest BCUT2D eigenvalue weighted by Crippen LogP contribution is 2.52. The van der Waals surface area contributed by atoms with E-state index in [1.165, 1.54) is 66.6 Å². The van der Waals surface area contributed by atoms with E-state index in [4.69, 9.17) is 4.98 Å². The van der Waals surface area contributed by atoms with Crippen LogP contribution in [-0.2, 0) is 27.1 Å². The Kier molecular flexibility index (Phi) is 12.8. The summed E-state index contributed by atoms with van der Waals surface area (Å²) in [5, 5.41) is 0. The standard InChI is InChI=1S/C78H75BN4/c1-74(2,3)53-35-33-52(34-36-53)73-80-66-51-68-65(50-69(66)83(73)61-31-23-16-24-32-61)79-64-47-59(77(10,11)12)41-46-67(64)81(62-42-37-54(38-43-62)75(4,5)6)70-48-60(49-71(72(70)79)82(68)63-44-39-55(40-45-63)76(7,8)9)78(56-25-17-13-18-26-56,57-27-19-14-20-28-57)58-29-21-15-22-30-58/h13-51H,1-12H3. The van der Waals surface area contributed by atoms with E-state index in [1.807, 2.05) is 0 Å². The van der Waals surface area contributed by atoms with Crippen molar-refractivity contribution in [2.45, 2.75) is 110 Å². The van der Waals surface area contributed by atoms with Crippen molar-refractivity contribution in [1.82, 2.24) is 9.55 Å². The maximum absolute atomic E-state index is 5.74. The number of aromatic nitrogens is 2. The Morgan fingerprint density at radius 1 is 0.313 bits per heavy atom. The maximum atomic E-state index is 5.74. The van der Waals surface area contributed by atoms with Gasteiger partial charge in [0, 0.05) is 45.4 Å². The number of hydrogen-bond donors (Lipinski definition) is 0. The second kappa shape index (κ2) is 19.8. The van der Waals surface area contributed by atoms with Crippen molar-refractivity contribution >= 4 is 68.3 Å². The molecule has 0 fully saturated rings. The highest BCUT2D eigenvalue weighted by atomic mass is 15.2. The zero-order chi connectivity index (χ0) is 57.8. The van der Waals surface area contributed by atoms with Crippen LogP contribution in [0.15, 0.2) is 237 Å². The molecule has 0 spiro atoms. The molecular weight excluding hydrogens is 1000 g/mol. The predicted molar refractivity (Wildman–Crippen MR) is 354 cm³/mol. The highest BCUT2D eigenvalue weighted by Gasteiger charge is 2.47. The van der Waals surface area contributed by atoms with Gasteiger partial charge in [0.15, 0.2) is 0 Å². The van der Waals surface area contributed by atoms with E-state index in [0.29, 0.717) is 0 Å². The molecule has 11 aromatic rings. The molecule has 0 aliphatic carbocycles. The van der Waals surface area contributed by atoms with Crippen molar-refractivity contribution in [2.24, 2.45) is 0 Å². The van der Waals surface area contributed by atoms with Crippen molar-refractivity contribution in [3.05, 3.63) is 281 Å². The summed E-state index contributed by atoms with van der Waals surface area (Å²) in [6.45, 7) is 27.5. The van der Waals surface area contributed by atoms with Gasteiger partial charge in [-0.05, 0) is 149 Å². The molecule has 2 aliphatic heterocycles. The minimum absolute atomic E-state index is 0.0109. The fraction of sp³-hybridized carbons (Fsp3) is 0.218. The van der Waals surface area contributed by atoms with Crippen LogP contribution in [0.2, 0.25) is 0 Å². The summed E-state index contributed by atoms with van der Waals surface area (Å²) >= 11 is 0. The third kappa shape index (κ3) is 9.12. The minimum Gasteiger partial charge on any atom is -0.311 e. The van der Waals surface area contributed by atoms with Crippen LogP contribution in [0, 0.1) is 0 Å². The molecule has 0 saturated heterocycles. The Bertz CT molecular complexity index is 4100. The average molecular weight is 1080 g/mol. The number of para-hydroxylation sites is 1. The first-order valence-electron chi connectivity index (χ1n) is 29.7. The number of imidazole rings is 1. The molecule has 0 bridgehead atoms. The maximum Gasteiger partial charge on any atom is 0.252 e. The molecule has 0 saturated carbocycles. The Balaban J connectivity index is 1.21. The summed E-state index contributed by atoms with van der Waals surface area (Å²) < 4.78 is 2.40. The zero-order valence-corrected chi connectivity index (χ0v) is 50.4. The van der Waals surface area contributed by atoms with Gasteiger partial charge in [-0.25, -0.2) is 4.98 Å². The lowest BCUT2D eigenvalue weighted by atomic mass is 9.33. The first kappa shape index (κ1) is 53.6. The summed E-state index contributed by atoms with van der Waals surface area (Å²) in [7, 11) is 0. The van der Waals surface area contributed by atoms with E-state index in [2.05, 4.69) is 334 Å². The van der Waals surface area contributed by atoms with E-state index in [9.17, 15) is 0 Å². The van der Waals surface area contributed by atoms with Crippen molar-refractivity contribution in [3.63, 3.8) is 0 Å². The smallest absolute Gasteiger partial charge is 0.252 e. The molecule has 5 heteroatoms. The van der Waals surface area contributed by atoms with E-state index in [-0.39, 0.29) is 28.4 Å². The number of benzene rings is 10. The molecule has 13 rings (SSSR count). The molecule has 0 unspecified atom stereocenters. The van der Waals surface area contributed by atoms with Crippen LogP contribution < -0.4 is 26.2 Å². The summed E-state index contributed by atoms with van der Waals surface area (Å²) in [5.74, 6) is 0.915. The third-order valence-electron chi connectivity index (χ3n) is 17.8. The second-order valence-electron chi connectivity index (χ2n) is 27.3. The first-order valence-corrected chi connectivity index (χ1v) is 29.7. The average Bonchev–Trinajstić information content (AvgIpc) is 3.88. The lowest BCUT2D eigenvalue weighted by Gasteiger charge is -2.46. The van der Waals surface area contributed by atoms with Gasteiger partial charge in [0.25, 0.3) is 6.71 Å². The third-order valence-corrected chi connectivity index (χ3v) is 17.8. The van der Waals surface area contributed by atoms with Crippen LogP contribution in [0.5, 0.6) is 0 Å². The Morgan fingerprint density at radius 3 is 1.16 bits per heavy atom. The second-order valence-corrected chi connectivity index (χ2v) is 27.3. The van der Waals surface area contributed by atoms with Crippen molar-refractivity contribution in [1.29, 1.82) is 0 Å². The molecule has 1 aromatic heterocycles. The number of rotatable bonds is 8. The lowest BCUT2D eigenvalue weighted by Crippen LogP contribution is -2.61. The van der Waals surface area contributed by atoms with Gasteiger partial charge < -0.3 is 9.80 Å². The van der Waals surface area contributed by atoms with E-state index in [1.54, 1.807) is 0 Å². The van der Waals surface area contributed by atoms with Crippen LogP contribution in [0.1, 0.15) is 128 Å². The van der Waals surface area contributed by atoms with E-state index in [0.717, 1.165) is 56.5 Å². The van der Waals surface area contributed by atoms with Crippen LogP contribution in [-0.4, -0.2) is 16.3 Å². The fourth-order valence-electron chi connectivity index (χ4n) is 13.2. The van der Waals surface area contributed by atoms with Crippen molar-refractivity contribution in [3.8, 4) is 17.1 Å². The molecule has 83 heavy (non-hydrogen) atoms. The molecule has 4 nitrogen and oxygen atoms in total. The number of nitrogens with zero attached hydrogens (tertiary/aromatic N) is 4. The van der Waals surface area contributed by atoms with Gasteiger partial charge >= 0.3 is 0 Å². The van der Waals surface area contributed by atoms with Crippen LogP contribution >= 0.6 is 0 Å². The zero-order valence-electron chi connectivity index (χ0n) is 50.4. The normalized spacial score (nSPS) is 13.5. The monoisotopic (exact) mass is 1080 g/mol. The van der Waals surface area contributed by atoms with Gasteiger partial charge in [-0.3, -0.25) is 4.57 Å². The molecule has 3 heterocycles. The molecule has 10 aromatic carbocycles. The quantitative estimate of drug-likeness (QED) is 0.112. The first-order chi connectivity index (χ1) is 39.7. The molecule has 0 amide bonds. The number of hydrogen-bond acceptors (Lipinski definition) is 3. The van der Waals surface area contributed by atoms with Gasteiger partial charge in [-0.15, -0.1) is 0 Å². The number of anilines is 6. The van der Waals surface area contributed by atoms with Crippen LogP contribution in [0.3, 0.4) is 0 Å². The summed E-state index contributed by atoms with van der Waals surface area (Å²) in [4.78, 5) is 10.9. The van der Waals surface area contributed by atoms with Crippen LogP contribution in [0.4, 0.5) is 34.1 Å². The van der Waals surface area contributed by atoms with E-state index >= 15 is 0 Å². The number of fused-ring (bicyclic) bond motifs is 5. The fourth-order valence-corrected chi connectivity index (χ4v) is 13.2. The predicted octanol–water partition coefficient (Wildman–Crippen LogP) is 18.3. The highest BCUT2D eigenvalue weighted by molar-refractivity contribution is 7.00. The van der Waals surface area contributed by atoms with Gasteiger partial charge in [0.05, 0.1) is 16.4 Å². The van der Waals surface area contributed by atoms with Crippen molar-refractivity contribution in [2.75, 3.05) is 9.80 Å². The van der Waals surface area contributed by atoms with Crippen molar-refractivity contribution < 1.29 is 0 Å². The van der Waals surface area contributed by atoms with Gasteiger partial charge in [0.1, 0.15) is 5.82 Å². The lowest BCUT2D eigenvalue weighted by molar-refractivity contribution is 0.590. The minimum atomic E-state index is -0.749. The Morgan fingerprint density at radius 2 is 0.711 bits per heavy atom.